The van der Waals surface area contributed by atoms with Gasteiger partial charge < -0.3 is 10.1 Å². The zero-order valence-corrected chi connectivity index (χ0v) is 9.28. The van der Waals surface area contributed by atoms with E-state index in [1.165, 1.54) is 7.11 Å². The minimum absolute atomic E-state index is 0.0109. The van der Waals surface area contributed by atoms with Gasteiger partial charge in [0.2, 0.25) is 5.91 Å². The van der Waals surface area contributed by atoms with Crippen LogP contribution in [0.2, 0.25) is 0 Å². The fourth-order valence-corrected chi connectivity index (χ4v) is 1.23. The first-order valence-corrected chi connectivity index (χ1v) is 5.24. The van der Waals surface area contributed by atoms with E-state index in [1.54, 1.807) is 4.90 Å². The summed E-state index contributed by atoms with van der Waals surface area (Å²) in [5.74, 6) is -0.320. The van der Waals surface area contributed by atoms with Crippen LogP contribution in [0.4, 0.5) is 0 Å². The van der Waals surface area contributed by atoms with Crippen molar-refractivity contribution in [3.8, 4) is 0 Å². The number of nitrogens with one attached hydrogen (secondary N) is 1. The molecule has 0 heterocycles. The molecule has 1 aliphatic carbocycles. The number of esters is 1. The van der Waals surface area contributed by atoms with Crippen molar-refractivity contribution in [2.45, 2.75) is 25.8 Å². The van der Waals surface area contributed by atoms with Crippen LogP contribution in [0.3, 0.4) is 0 Å². The highest BCUT2D eigenvalue weighted by Crippen LogP contribution is 2.18. The molecule has 1 saturated carbocycles. The summed E-state index contributed by atoms with van der Waals surface area (Å²) in [4.78, 5) is 24.2. The average molecular weight is 214 g/mol. The Morgan fingerprint density at radius 1 is 1.40 bits per heavy atom. The highest BCUT2D eigenvalue weighted by molar-refractivity contribution is 5.79. The number of rotatable bonds is 6. The van der Waals surface area contributed by atoms with Gasteiger partial charge in [-0.25, -0.2) is 0 Å². The van der Waals surface area contributed by atoms with E-state index in [0.29, 0.717) is 12.6 Å². The molecule has 0 unspecified atom stereocenters. The maximum absolute atomic E-state index is 11.4. The van der Waals surface area contributed by atoms with Gasteiger partial charge in [0.1, 0.15) is 0 Å². The number of hydrogen-bond acceptors (Lipinski definition) is 4. The van der Waals surface area contributed by atoms with Gasteiger partial charge in [0.05, 0.1) is 20.2 Å². The SMILES string of the molecule is CCN(CC(=O)NC1CC1)CC(=O)OC. The minimum Gasteiger partial charge on any atom is -0.468 e. The van der Waals surface area contributed by atoms with Crippen molar-refractivity contribution in [2.75, 3.05) is 26.7 Å². The van der Waals surface area contributed by atoms with Crippen molar-refractivity contribution in [2.24, 2.45) is 0 Å². The van der Waals surface area contributed by atoms with Crippen LogP contribution in [-0.4, -0.2) is 49.6 Å². The van der Waals surface area contributed by atoms with Gasteiger partial charge in [0.25, 0.3) is 0 Å². The Kier molecular flexibility index (Phi) is 4.55. The van der Waals surface area contributed by atoms with Crippen LogP contribution in [0.5, 0.6) is 0 Å². The van der Waals surface area contributed by atoms with E-state index in [2.05, 4.69) is 10.1 Å². The second-order valence-electron chi connectivity index (χ2n) is 3.72. The third kappa shape index (κ3) is 4.78. The molecule has 1 fully saturated rings. The van der Waals surface area contributed by atoms with Crippen molar-refractivity contribution in [3.05, 3.63) is 0 Å². The van der Waals surface area contributed by atoms with Crippen LogP contribution >= 0.6 is 0 Å². The molecule has 0 aromatic heterocycles. The molecule has 0 radical (unpaired) electrons. The molecule has 0 spiro atoms. The zero-order valence-electron chi connectivity index (χ0n) is 9.28. The minimum atomic E-state index is -0.309. The summed E-state index contributed by atoms with van der Waals surface area (Å²) in [6.07, 6.45) is 2.16. The Bertz CT molecular complexity index is 239. The van der Waals surface area contributed by atoms with E-state index < -0.39 is 0 Å². The van der Waals surface area contributed by atoms with E-state index in [4.69, 9.17) is 0 Å². The molecule has 1 amide bonds. The molecule has 5 nitrogen and oxygen atoms in total. The predicted molar refractivity (Wildman–Crippen MR) is 55.3 cm³/mol. The van der Waals surface area contributed by atoms with E-state index in [-0.39, 0.29) is 25.0 Å². The zero-order chi connectivity index (χ0) is 11.3. The Morgan fingerprint density at radius 2 is 2.07 bits per heavy atom. The van der Waals surface area contributed by atoms with Crippen molar-refractivity contribution in [3.63, 3.8) is 0 Å². The number of nitrogens with zero attached hydrogens (tertiary/aromatic N) is 1. The molecule has 86 valence electrons. The lowest BCUT2D eigenvalue weighted by Crippen LogP contribution is -2.40. The quantitative estimate of drug-likeness (QED) is 0.620. The fraction of sp³-hybridized carbons (Fsp3) is 0.800. The Labute approximate surface area is 89.8 Å². The van der Waals surface area contributed by atoms with Crippen molar-refractivity contribution >= 4 is 11.9 Å². The van der Waals surface area contributed by atoms with E-state index in [0.717, 1.165) is 12.8 Å². The lowest BCUT2D eigenvalue weighted by Gasteiger charge is -2.17. The Morgan fingerprint density at radius 3 is 2.53 bits per heavy atom. The van der Waals surface area contributed by atoms with Gasteiger partial charge in [0, 0.05) is 6.04 Å². The third-order valence-corrected chi connectivity index (χ3v) is 2.34. The highest BCUT2D eigenvalue weighted by Gasteiger charge is 2.24. The summed E-state index contributed by atoms with van der Waals surface area (Å²) >= 11 is 0. The van der Waals surface area contributed by atoms with Crippen LogP contribution in [0, 0.1) is 0 Å². The van der Waals surface area contributed by atoms with Crippen LogP contribution in [0.15, 0.2) is 0 Å². The number of carbonyl (C=O) groups is 2. The number of carbonyl (C=O) groups excluding carboxylic acids is 2. The maximum Gasteiger partial charge on any atom is 0.319 e. The van der Waals surface area contributed by atoms with E-state index in [9.17, 15) is 9.59 Å². The molecule has 1 N–H and O–H groups in total. The standard InChI is InChI=1S/C10H18N2O3/c1-3-12(7-10(14)15-2)6-9(13)11-8-4-5-8/h8H,3-7H2,1-2H3,(H,11,13). The Hall–Kier alpha value is -1.10. The normalized spacial score (nSPS) is 15.1. The van der Waals surface area contributed by atoms with Crippen molar-refractivity contribution in [1.29, 1.82) is 0 Å². The summed E-state index contributed by atoms with van der Waals surface area (Å²) in [6.45, 7) is 3.01. The fourth-order valence-electron chi connectivity index (χ4n) is 1.23. The smallest absolute Gasteiger partial charge is 0.319 e. The number of amides is 1. The van der Waals surface area contributed by atoms with Gasteiger partial charge in [0.15, 0.2) is 0 Å². The molecule has 0 saturated heterocycles. The molecule has 1 aliphatic rings. The van der Waals surface area contributed by atoms with E-state index >= 15 is 0 Å². The van der Waals surface area contributed by atoms with Gasteiger partial charge in [-0.1, -0.05) is 6.92 Å². The van der Waals surface area contributed by atoms with Gasteiger partial charge in [-0.2, -0.15) is 0 Å². The van der Waals surface area contributed by atoms with Crippen LogP contribution in [0.1, 0.15) is 19.8 Å². The van der Waals surface area contributed by atoms with Gasteiger partial charge in [-0.3, -0.25) is 14.5 Å². The highest BCUT2D eigenvalue weighted by atomic mass is 16.5. The first-order valence-electron chi connectivity index (χ1n) is 5.24. The molecular weight excluding hydrogens is 196 g/mol. The van der Waals surface area contributed by atoms with Crippen LogP contribution in [0.25, 0.3) is 0 Å². The number of ether oxygens (including phenoxy) is 1. The molecule has 0 aromatic rings. The molecular formula is C10H18N2O3. The van der Waals surface area contributed by atoms with Crippen LogP contribution in [-0.2, 0) is 14.3 Å². The molecule has 0 aliphatic heterocycles. The maximum atomic E-state index is 11.4. The van der Waals surface area contributed by atoms with E-state index in [1.807, 2.05) is 6.92 Å². The summed E-state index contributed by atoms with van der Waals surface area (Å²) in [6, 6.07) is 0.370. The van der Waals surface area contributed by atoms with Crippen LogP contribution < -0.4 is 5.32 Å². The molecule has 5 heteroatoms. The summed E-state index contributed by atoms with van der Waals surface area (Å²) in [7, 11) is 1.35. The first kappa shape index (κ1) is 12.0. The van der Waals surface area contributed by atoms with Crippen molar-refractivity contribution < 1.29 is 14.3 Å². The predicted octanol–water partition coefficient (Wildman–Crippen LogP) is -0.240. The first-order chi connectivity index (χ1) is 7.15. The second kappa shape index (κ2) is 5.70. The van der Waals surface area contributed by atoms with Gasteiger partial charge in [-0.05, 0) is 19.4 Å². The van der Waals surface area contributed by atoms with Gasteiger partial charge in [-0.15, -0.1) is 0 Å². The average Bonchev–Trinajstić information content (AvgIpc) is 3.00. The van der Waals surface area contributed by atoms with Gasteiger partial charge >= 0.3 is 5.97 Å². The lowest BCUT2D eigenvalue weighted by atomic mass is 10.4. The Balaban J connectivity index is 2.24. The lowest BCUT2D eigenvalue weighted by molar-refractivity contribution is -0.142. The topological polar surface area (TPSA) is 58.6 Å². The van der Waals surface area contributed by atoms with Crippen molar-refractivity contribution in [1.82, 2.24) is 10.2 Å². The third-order valence-electron chi connectivity index (χ3n) is 2.34. The largest absolute Gasteiger partial charge is 0.468 e. The molecule has 0 aromatic carbocycles. The number of hydrogen-bond donors (Lipinski definition) is 1. The molecule has 0 bridgehead atoms. The number of likely N-dealkylation sites (N-methyl/N-ethyl adjacent to an activating group) is 1. The monoisotopic (exact) mass is 214 g/mol. The molecule has 0 atom stereocenters. The molecule has 1 rings (SSSR count). The molecule has 15 heavy (non-hydrogen) atoms. The second-order valence-corrected chi connectivity index (χ2v) is 3.72. The number of methoxy groups -OCH3 is 1. The summed E-state index contributed by atoms with van der Waals surface area (Å²) in [5, 5.41) is 2.88. The summed E-state index contributed by atoms with van der Waals surface area (Å²) < 4.78 is 4.55. The summed E-state index contributed by atoms with van der Waals surface area (Å²) in [5.41, 5.74) is 0.